The van der Waals surface area contributed by atoms with Crippen molar-refractivity contribution in [3.8, 4) is 17.1 Å². The van der Waals surface area contributed by atoms with Crippen LogP contribution in [0.25, 0.3) is 27.8 Å². The molecule has 0 bridgehead atoms. The van der Waals surface area contributed by atoms with Crippen molar-refractivity contribution in [2.24, 2.45) is 0 Å². The molecule has 174 valence electrons. The fourth-order valence-electron chi connectivity index (χ4n) is 3.64. The monoisotopic (exact) mass is 465 g/mol. The summed E-state index contributed by atoms with van der Waals surface area (Å²) in [5.41, 5.74) is 1.54. The molecule has 1 amide bonds. The van der Waals surface area contributed by atoms with Gasteiger partial charge in [-0.05, 0) is 42.5 Å². The summed E-state index contributed by atoms with van der Waals surface area (Å²) in [6, 6.07) is 23.1. The third-order valence-electron chi connectivity index (χ3n) is 5.49. The van der Waals surface area contributed by atoms with E-state index in [0.717, 1.165) is 5.56 Å². The topological polar surface area (TPSA) is 103 Å². The van der Waals surface area contributed by atoms with Crippen LogP contribution in [-0.2, 0) is 5.41 Å². The smallest absolute Gasteiger partial charge is 0.279 e. The first-order valence-corrected chi connectivity index (χ1v) is 11.1. The molecule has 35 heavy (non-hydrogen) atoms. The number of benzene rings is 3. The van der Waals surface area contributed by atoms with Gasteiger partial charge < -0.3 is 9.84 Å². The molecule has 2 aromatic heterocycles. The minimum absolute atomic E-state index is 0.154. The molecule has 5 rings (SSSR count). The molecule has 1 N–H and O–H groups in total. The van der Waals surface area contributed by atoms with Gasteiger partial charge in [0.25, 0.3) is 11.5 Å². The number of para-hydroxylation sites is 1. The van der Waals surface area contributed by atoms with Crippen LogP contribution >= 0.6 is 0 Å². The number of hydrogen-bond donors (Lipinski definition) is 1. The van der Waals surface area contributed by atoms with Crippen LogP contribution in [0.15, 0.2) is 88.2 Å². The minimum Gasteiger partial charge on any atom is -0.338 e. The Balaban J connectivity index is 1.47. The highest BCUT2D eigenvalue weighted by molar-refractivity contribution is 6.11. The lowest BCUT2D eigenvalue weighted by Gasteiger charge is -2.11. The highest BCUT2D eigenvalue weighted by Gasteiger charge is 2.22. The molecule has 8 heteroatoms. The van der Waals surface area contributed by atoms with Crippen LogP contribution in [0.4, 0.5) is 5.69 Å². The summed E-state index contributed by atoms with van der Waals surface area (Å²) < 4.78 is 6.62. The molecule has 3 aromatic carbocycles. The number of amides is 1. The standard InChI is InChI=1S/C27H23N5O3/c1-27(2,3)26-29-23(31-35-26)17-13-15-18(16-14-17)28-24(33)22-20-11-7-8-12-21(20)25(34)32(30-22)19-9-5-4-6-10-19/h4-16H,1-3H3,(H,28,33). The van der Waals surface area contributed by atoms with Gasteiger partial charge in [0.05, 0.1) is 11.1 Å². The van der Waals surface area contributed by atoms with Crippen LogP contribution in [-0.4, -0.2) is 25.8 Å². The predicted molar refractivity (Wildman–Crippen MR) is 134 cm³/mol. The van der Waals surface area contributed by atoms with Crippen LogP contribution in [0, 0.1) is 0 Å². The van der Waals surface area contributed by atoms with E-state index in [4.69, 9.17) is 4.52 Å². The van der Waals surface area contributed by atoms with Crippen molar-refractivity contribution in [1.82, 2.24) is 19.9 Å². The maximum Gasteiger partial charge on any atom is 0.279 e. The van der Waals surface area contributed by atoms with E-state index in [9.17, 15) is 9.59 Å². The van der Waals surface area contributed by atoms with Crippen molar-refractivity contribution in [2.45, 2.75) is 26.2 Å². The molecule has 0 spiro atoms. The molecule has 2 heterocycles. The van der Waals surface area contributed by atoms with Gasteiger partial charge in [-0.2, -0.15) is 14.8 Å². The normalized spacial score (nSPS) is 11.5. The van der Waals surface area contributed by atoms with Gasteiger partial charge in [-0.15, -0.1) is 0 Å². The Morgan fingerprint density at radius 1 is 0.886 bits per heavy atom. The van der Waals surface area contributed by atoms with Gasteiger partial charge in [-0.1, -0.05) is 62.3 Å². The molecular weight excluding hydrogens is 442 g/mol. The van der Waals surface area contributed by atoms with Crippen LogP contribution < -0.4 is 10.9 Å². The number of nitrogens with zero attached hydrogens (tertiary/aromatic N) is 4. The number of aromatic nitrogens is 4. The average Bonchev–Trinajstić information content (AvgIpc) is 3.37. The Morgan fingerprint density at radius 2 is 1.54 bits per heavy atom. The highest BCUT2D eigenvalue weighted by atomic mass is 16.5. The molecule has 0 aliphatic heterocycles. The number of rotatable bonds is 4. The van der Waals surface area contributed by atoms with E-state index in [1.165, 1.54) is 4.68 Å². The first-order valence-electron chi connectivity index (χ1n) is 11.1. The Morgan fingerprint density at radius 3 is 2.20 bits per heavy atom. The number of hydrogen-bond acceptors (Lipinski definition) is 6. The molecule has 0 unspecified atom stereocenters. The van der Waals surface area contributed by atoms with Crippen LogP contribution in [0.3, 0.4) is 0 Å². The fraction of sp³-hybridized carbons (Fsp3) is 0.148. The summed E-state index contributed by atoms with van der Waals surface area (Å²) in [5, 5.41) is 12.3. The average molecular weight is 466 g/mol. The van der Waals surface area contributed by atoms with Crippen molar-refractivity contribution in [1.29, 1.82) is 0 Å². The maximum atomic E-state index is 13.3. The molecule has 0 fully saturated rings. The molecule has 0 aliphatic carbocycles. The van der Waals surface area contributed by atoms with Crippen LogP contribution in [0.1, 0.15) is 37.2 Å². The fourth-order valence-corrected chi connectivity index (χ4v) is 3.64. The Labute approximate surface area is 201 Å². The van der Waals surface area contributed by atoms with Gasteiger partial charge in [0.15, 0.2) is 5.69 Å². The summed E-state index contributed by atoms with van der Waals surface area (Å²) in [7, 11) is 0. The highest BCUT2D eigenvalue weighted by Crippen LogP contribution is 2.25. The Bertz CT molecular complexity index is 1580. The quantitative estimate of drug-likeness (QED) is 0.401. The number of nitrogens with one attached hydrogen (secondary N) is 1. The molecular formula is C27H23N5O3. The summed E-state index contributed by atoms with van der Waals surface area (Å²) in [6.07, 6.45) is 0. The Kier molecular flexibility index (Phi) is 5.49. The number of anilines is 1. The second-order valence-electron chi connectivity index (χ2n) is 9.15. The largest absolute Gasteiger partial charge is 0.338 e. The maximum absolute atomic E-state index is 13.3. The molecule has 0 radical (unpaired) electrons. The zero-order chi connectivity index (χ0) is 24.6. The zero-order valence-corrected chi connectivity index (χ0v) is 19.5. The lowest BCUT2D eigenvalue weighted by molar-refractivity contribution is 0.102. The van der Waals surface area contributed by atoms with Crippen molar-refractivity contribution in [2.75, 3.05) is 5.32 Å². The summed E-state index contributed by atoms with van der Waals surface area (Å²) in [4.78, 5) is 30.8. The first-order chi connectivity index (χ1) is 16.8. The van der Waals surface area contributed by atoms with E-state index in [1.54, 1.807) is 48.5 Å². The van der Waals surface area contributed by atoms with Crippen molar-refractivity contribution >= 4 is 22.4 Å². The summed E-state index contributed by atoms with van der Waals surface area (Å²) in [6.45, 7) is 6.00. The lowest BCUT2D eigenvalue weighted by Crippen LogP contribution is -2.26. The third kappa shape index (κ3) is 4.33. The van der Waals surface area contributed by atoms with Gasteiger partial charge in [0.1, 0.15) is 0 Å². The van der Waals surface area contributed by atoms with Gasteiger partial charge >= 0.3 is 0 Å². The summed E-state index contributed by atoms with van der Waals surface area (Å²) in [5.74, 6) is 0.611. The number of carbonyl (C=O) groups is 1. The van der Waals surface area contributed by atoms with Gasteiger partial charge in [0, 0.05) is 22.1 Å². The van der Waals surface area contributed by atoms with Crippen LogP contribution in [0.5, 0.6) is 0 Å². The van der Waals surface area contributed by atoms with E-state index < -0.39 is 5.91 Å². The van der Waals surface area contributed by atoms with E-state index in [2.05, 4.69) is 20.6 Å². The van der Waals surface area contributed by atoms with Crippen molar-refractivity contribution in [3.63, 3.8) is 0 Å². The zero-order valence-electron chi connectivity index (χ0n) is 19.5. The molecule has 8 nitrogen and oxygen atoms in total. The third-order valence-corrected chi connectivity index (χ3v) is 5.49. The SMILES string of the molecule is CC(C)(C)c1nc(-c2ccc(NC(=O)c3nn(-c4ccccc4)c(=O)c4ccccc34)cc2)no1. The lowest BCUT2D eigenvalue weighted by atomic mass is 9.97. The number of carbonyl (C=O) groups excluding carboxylic acids is 1. The van der Waals surface area contributed by atoms with E-state index >= 15 is 0 Å². The second-order valence-corrected chi connectivity index (χ2v) is 9.15. The van der Waals surface area contributed by atoms with Gasteiger partial charge in [-0.3, -0.25) is 9.59 Å². The van der Waals surface area contributed by atoms with Crippen molar-refractivity contribution in [3.05, 3.63) is 101 Å². The number of fused-ring (bicyclic) bond motifs is 1. The summed E-state index contributed by atoms with van der Waals surface area (Å²) >= 11 is 0. The van der Waals surface area contributed by atoms with Crippen LogP contribution in [0.2, 0.25) is 0 Å². The molecule has 5 aromatic rings. The van der Waals surface area contributed by atoms with Gasteiger partial charge in [0.2, 0.25) is 11.7 Å². The van der Waals surface area contributed by atoms with Gasteiger partial charge in [-0.25, -0.2) is 0 Å². The van der Waals surface area contributed by atoms with Crippen molar-refractivity contribution < 1.29 is 9.32 Å². The van der Waals surface area contributed by atoms with E-state index in [0.29, 0.717) is 33.9 Å². The minimum atomic E-state index is -0.423. The molecule has 0 aliphatic rings. The molecule has 0 saturated carbocycles. The first kappa shape index (κ1) is 22.2. The molecule has 0 atom stereocenters. The Hall–Kier alpha value is -4.59. The molecule has 0 saturated heterocycles. The predicted octanol–water partition coefficient (Wildman–Crippen LogP) is 4.99. The van der Waals surface area contributed by atoms with E-state index in [-0.39, 0.29) is 16.7 Å². The van der Waals surface area contributed by atoms with E-state index in [1.807, 2.05) is 51.1 Å². The second kappa shape index (κ2) is 8.64.